The number of rotatable bonds is 11. The smallest absolute Gasteiger partial charge is 0.270 e. The van der Waals surface area contributed by atoms with Gasteiger partial charge in [0.15, 0.2) is 0 Å². The van der Waals surface area contributed by atoms with Crippen LogP contribution in [0, 0.1) is 23.2 Å². The molecule has 0 bridgehead atoms. The largest absolute Gasteiger partial charge is 0.380 e. The molecule has 4 aliphatic rings. The van der Waals surface area contributed by atoms with Gasteiger partial charge < -0.3 is 20.7 Å². The zero-order chi connectivity index (χ0) is 30.7. The lowest BCUT2D eigenvalue weighted by Gasteiger charge is -2.39. The molecule has 0 spiro atoms. The molecule has 2 unspecified atom stereocenters. The Balaban J connectivity index is 1.24. The molecule has 3 saturated carbocycles. The Morgan fingerprint density at radius 2 is 1.75 bits per heavy atom. The van der Waals surface area contributed by atoms with Crippen LogP contribution in [0.5, 0.6) is 0 Å². The second-order valence-electron chi connectivity index (χ2n) is 14.3. The summed E-state index contributed by atoms with van der Waals surface area (Å²) in [6, 6.07) is 8.69. The summed E-state index contributed by atoms with van der Waals surface area (Å²) in [6.07, 6.45) is 14.9. The van der Waals surface area contributed by atoms with E-state index >= 15 is 0 Å². The Kier molecular flexibility index (Phi) is 9.13. The molecule has 238 valence electrons. The van der Waals surface area contributed by atoms with Crippen molar-refractivity contribution >= 4 is 23.4 Å². The molecular formula is C35H49N5O4. The number of benzene rings is 1. The van der Waals surface area contributed by atoms with E-state index < -0.39 is 11.5 Å². The average Bonchev–Trinajstić information content (AvgIpc) is 3.64. The molecule has 1 saturated heterocycles. The maximum absolute atomic E-state index is 14.3. The minimum Gasteiger partial charge on any atom is -0.380 e. The van der Waals surface area contributed by atoms with Crippen LogP contribution in [0.25, 0.3) is 0 Å². The van der Waals surface area contributed by atoms with E-state index in [1.165, 1.54) is 32.1 Å². The summed E-state index contributed by atoms with van der Waals surface area (Å²) in [5.74, 6) is 0.443. The summed E-state index contributed by atoms with van der Waals surface area (Å²) in [5, 5.41) is 13.7. The van der Waals surface area contributed by atoms with Gasteiger partial charge in [0, 0.05) is 32.1 Å². The third-order valence-corrected chi connectivity index (χ3v) is 11.0. The Morgan fingerprint density at radius 1 is 1.00 bits per heavy atom. The molecule has 3 atom stereocenters. The number of carbonyl (C=O) groups excluding carboxylic acids is 3. The number of hydrogen-bond donors (Lipinski definition) is 3. The van der Waals surface area contributed by atoms with Gasteiger partial charge in [-0.1, -0.05) is 64.0 Å². The van der Waals surface area contributed by atoms with Crippen LogP contribution >= 0.6 is 0 Å². The van der Waals surface area contributed by atoms with E-state index in [1.807, 2.05) is 24.3 Å². The van der Waals surface area contributed by atoms with Gasteiger partial charge in [0.25, 0.3) is 5.91 Å². The second kappa shape index (κ2) is 13.0. The summed E-state index contributed by atoms with van der Waals surface area (Å²) >= 11 is 0. The quantitative estimate of drug-likeness (QED) is 0.309. The van der Waals surface area contributed by atoms with Crippen LogP contribution < -0.4 is 16.0 Å². The molecule has 2 heterocycles. The van der Waals surface area contributed by atoms with Crippen LogP contribution in [0.2, 0.25) is 0 Å². The molecule has 3 N–H and O–H groups in total. The van der Waals surface area contributed by atoms with Crippen LogP contribution in [0.4, 0.5) is 5.69 Å². The second-order valence-corrected chi connectivity index (χ2v) is 14.3. The van der Waals surface area contributed by atoms with Gasteiger partial charge in [0.2, 0.25) is 11.8 Å². The van der Waals surface area contributed by atoms with Gasteiger partial charge in [-0.05, 0) is 79.0 Å². The van der Waals surface area contributed by atoms with E-state index in [4.69, 9.17) is 4.74 Å². The number of hydrogen-bond acceptors (Lipinski definition) is 5. The van der Waals surface area contributed by atoms with Gasteiger partial charge in [0.1, 0.15) is 11.7 Å². The van der Waals surface area contributed by atoms with Crippen LogP contribution in [-0.4, -0.2) is 53.3 Å². The van der Waals surface area contributed by atoms with Crippen molar-refractivity contribution in [3.63, 3.8) is 0 Å². The Bertz CT molecular complexity index is 1330. The molecule has 44 heavy (non-hydrogen) atoms. The van der Waals surface area contributed by atoms with Gasteiger partial charge in [-0.15, -0.1) is 0 Å². The van der Waals surface area contributed by atoms with E-state index in [9.17, 15) is 14.4 Å². The number of nitrogens with one attached hydrogen (secondary N) is 3. The first-order valence-electron chi connectivity index (χ1n) is 16.8. The predicted molar refractivity (Wildman–Crippen MR) is 169 cm³/mol. The molecule has 3 amide bonds. The molecule has 1 aromatic heterocycles. The van der Waals surface area contributed by atoms with E-state index in [0.29, 0.717) is 49.4 Å². The number of aromatic nitrogens is 2. The molecule has 9 nitrogen and oxygen atoms in total. The topological polar surface area (TPSA) is 114 Å². The summed E-state index contributed by atoms with van der Waals surface area (Å²) in [6.45, 7) is 3.75. The molecule has 6 rings (SSSR count). The first kappa shape index (κ1) is 30.8. The minimum atomic E-state index is -0.787. The summed E-state index contributed by atoms with van der Waals surface area (Å²) < 4.78 is 7.34. The van der Waals surface area contributed by atoms with Crippen molar-refractivity contribution in [3.05, 3.63) is 47.8 Å². The van der Waals surface area contributed by atoms with E-state index in [1.54, 1.807) is 24.0 Å². The van der Waals surface area contributed by atoms with Crippen molar-refractivity contribution in [2.24, 2.45) is 30.2 Å². The molecule has 0 radical (unpaired) electrons. The zero-order valence-corrected chi connectivity index (χ0v) is 26.4. The summed E-state index contributed by atoms with van der Waals surface area (Å²) in [4.78, 5) is 41.4. The first-order valence-corrected chi connectivity index (χ1v) is 16.8. The number of carbonyl (C=O) groups is 3. The molecular weight excluding hydrogens is 554 g/mol. The number of anilines is 1. The molecule has 1 aromatic carbocycles. The van der Waals surface area contributed by atoms with Gasteiger partial charge in [-0.25, -0.2) is 0 Å². The van der Waals surface area contributed by atoms with Crippen molar-refractivity contribution in [1.82, 2.24) is 20.4 Å². The molecule has 1 aliphatic heterocycles. The van der Waals surface area contributed by atoms with E-state index in [0.717, 1.165) is 44.1 Å². The third kappa shape index (κ3) is 6.58. The van der Waals surface area contributed by atoms with Gasteiger partial charge in [-0.2, -0.15) is 5.10 Å². The van der Waals surface area contributed by atoms with Crippen LogP contribution in [0.15, 0.2) is 36.5 Å². The lowest BCUT2D eigenvalue weighted by Crippen LogP contribution is -2.51. The first-order chi connectivity index (χ1) is 21.3. The maximum atomic E-state index is 14.3. The number of ether oxygens (including phenoxy) is 1. The Labute approximate surface area is 261 Å². The van der Waals surface area contributed by atoms with Crippen molar-refractivity contribution in [3.8, 4) is 0 Å². The number of aryl methyl sites for hydroxylation is 1. The SMILES string of the molecule is Cn1nccc1C(=O)N[C@H](C(=O)Nc1cccc(C2(C(=O)NCC3(C)CCC3)CCOC2)c1)C(C1CCCCCC1)C1CC1. The normalized spacial score (nSPS) is 24.9. The minimum absolute atomic E-state index is 0.00456. The standard InChI is InChI=1S/C35H49N5O4/c1-34(16-8-17-34)22-36-33(43)35(18-20-44-23-35)26-11-7-12-27(21-26)38-32(42)30(39-31(41)28-15-19-37-40(28)2)29(25-13-14-25)24-9-5-3-4-6-10-24/h7,11-12,15,19,21,24-25,29-30H,3-6,8-10,13-14,16-18,20,22-23H2,1-2H3,(H,36,43)(H,38,42)(H,39,41)/t29?,30-,35?/m0/s1. The zero-order valence-electron chi connectivity index (χ0n) is 26.4. The highest BCUT2D eigenvalue weighted by molar-refractivity contribution is 6.01. The monoisotopic (exact) mass is 603 g/mol. The van der Waals surface area contributed by atoms with Crippen LogP contribution in [0.1, 0.15) is 100 Å². The molecule has 2 aromatic rings. The fraction of sp³-hybridized carbons (Fsp3) is 0.657. The number of amides is 3. The molecule has 9 heteroatoms. The van der Waals surface area contributed by atoms with Crippen molar-refractivity contribution in [1.29, 1.82) is 0 Å². The lowest BCUT2D eigenvalue weighted by molar-refractivity contribution is -0.127. The van der Waals surface area contributed by atoms with Crippen molar-refractivity contribution in [2.75, 3.05) is 25.1 Å². The highest BCUT2D eigenvalue weighted by Gasteiger charge is 2.46. The molecule has 4 fully saturated rings. The third-order valence-electron chi connectivity index (χ3n) is 11.0. The lowest BCUT2D eigenvalue weighted by atomic mass is 9.70. The van der Waals surface area contributed by atoms with Crippen molar-refractivity contribution < 1.29 is 19.1 Å². The summed E-state index contributed by atoms with van der Waals surface area (Å²) in [7, 11) is 1.74. The Morgan fingerprint density at radius 3 is 2.36 bits per heavy atom. The van der Waals surface area contributed by atoms with Crippen LogP contribution in [0.3, 0.4) is 0 Å². The fourth-order valence-corrected chi connectivity index (χ4v) is 7.89. The molecule has 3 aliphatic carbocycles. The average molecular weight is 604 g/mol. The van der Waals surface area contributed by atoms with Gasteiger partial charge in [-0.3, -0.25) is 19.1 Å². The fourth-order valence-electron chi connectivity index (χ4n) is 7.89. The van der Waals surface area contributed by atoms with E-state index in [2.05, 4.69) is 28.0 Å². The van der Waals surface area contributed by atoms with Crippen molar-refractivity contribution in [2.45, 2.75) is 95.4 Å². The van der Waals surface area contributed by atoms with Crippen LogP contribution in [-0.2, 0) is 26.8 Å². The Hall–Kier alpha value is -3.20. The highest BCUT2D eigenvalue weighted by Crippen LogP contribution is 2.46. The predicted octanol–water partition coefficient (Wildman–Crippen LogP) is 5.12. The highest BCUT2D eigenvalue weighted by atomic mass is 16.5. The summed E-state index contributed by atoms with van der Waals surface area (Å²) in [5.41, 5.74) is 1.31. The van der Waals surface area contributed by atoms with Gasteiger partial charge in [0.05, 0.1) is 12.0 Å². The maximum Gasteiger partial charge on any atom is 0.270 e. The number of nitrogens with zero attached hydrogens (tertiary/aromatic N) is 2. The van der Waals surface area contributed by atoms with Gasteiger partial charge >= 0.3 is 0 Å². The van der Waals surface area contributed by atoms with E-state index in [-0.39, 0.29) is 29.1 Å².